The molecule has 0 aliphatic rings. The maximum Gasteiger partial charge on any atom is 0.267 e. The quantitative estimate of drug-likeness (QED) is 0.676. The predicted octanol–water partition coefficient (Wildman–Crippen LogP) is 1.72. The van der Waals surface area contributed by atoms with E-state index in [4.69, 9.17) is 4.74 Å². The van der Waals surface area contributed by atoms with Crippen LogP contribution in [0.5, 0.6) is 5.75 Å². The minimum atomic E-state index is -3.90. The molecule has 0 bridgehead atoms. The van der Waals surface area contributed by atoms with Gasteiger partial charge in [-0.25, -0.2) is 13.1 Å². The molecule has 0 saturated carbocycles. The standard InChI is InChI=1S/C19H17N3O5S/c1-27-15-9-7-14(8-10-15)20-17(23)13-22-19(24)12-11-18(21-22)28(25,26)16-5-3-2-4-6-16/h2-12H,13H2,1H3,(H,20,23). The Morgan fingerprint density at radius 1 is 1.04 bits per heavy atom. The van der Waals surface area contributed by atoms with Gasteiger partial charge in [-0.3, -0.25) is 9.59 Å². The van der Waals surface area contributed by atoms with Crippen molar-refractivity contribution in [1.82, 2.24) is 9.78 Å². The van der Waals surface area contributed by atoms with Crippen LogP contribution >= 0.6 is 0 Å². The Kier molecular flexibility index (Phi) is 5.55. The van der Waals surface area contributed by atoms with Crippen molar-refractivity contribution in [1.29, 1.82) is 0 Å². The van der Waals surface area contributed by atoms with Crippen molar-refractivity contribution in [2.75, 3.05) is 12.4 Å². The van der Waals surface area contributed by atoms with Crippen LogP contribution in [0.4, 0.5) is 5.69 Å². The molecule has 8 nitrogen and oxygen atoms in total. The van der Waals surface area contributed by atoms with Gasteiger partial charge in [0, 0.05) is 11.8 Å². The molecule has 0 aliphatic heterocycles. The molecule has 3 aromatic rings. The number of carbonyl (C=O) groups is 1. The van der Waals surface area contributed by atoms with Crippen molar-refractivity contribution in [2.45, 2.75) is 16.5 Å². The average Bonchev–Trinajstić information content (AvgIpc) is 2.70. The van der Waals surface area contributed by atoms with Crippen molar-refractivity contribution < 1.29 is 17.9 Å². The third-order valence-corrected chi connectivity index (χ3v) is 5.50. The van der Waals surface area contributed by atoms with Crippen LogP contribution in [0, 0.1) is 0 Å². The third-order valence-electron chi connectivity index (χ3n) is 3.84. The molecule has 0 aliphatic carbocycles. The van der Waals surface area contributed by atoms with Crippen molar-refractivity contribution in [3.05, 3.63) is 77.1 Å². The summed E-state index contributed by atoms with van der Waals surface area (Å²) < 4.78 is 31.1. The molecular formula is C19H17N3O5S. The molecule has 1 heterocycles. The lowest BCUT2D eigenvalue weighted by Crippen LogP contribution is -2.30. The molecule has 0 atom stereocenters. The van der Waals surface area contributed by atoms with Gasteiger partial charge in [-0.1, -0.05) is 18.2 Å². The molecule has 28 heavy (non-hydrogen) atoms. The van der Waals surface area contributed by atoms with E-state index in [-0.39, 0.29) is 9.92 Å². The number of nitrogens with zero attached hydrogens (tertiary/aromatic N) is 2. The molecule has 0 fully saturated rings. The molecule has 1 N–H and O–H groups in total. The number of amides is 1. The minimum Gasteiger partial charge on any atom is -0.497 e. The topological polar surface area (TPSA) is 107 Å². The smallest absolute Gasteiger partial charge is 0.267 e. The van der Waals surface area contributed by atoms with Gasteiger partial charge in [0.25, 0.3) is 5.56 Å². The molecule has 0 saturated heterocycles. The summed E-state index contributed by atoms with van der Waals surface area (Å²) in [6, 6.07) is 16.6. The van der Waals surface area contributed by atoms with Gasteiger partial charge >= 0.3 is 0 Å². The van der Waals surface area contributed by atoms with Crippen LogP contribution in [-0.2, 0) is 21.2 Å². The summed E-state index contributed by atoms with van der Waals surface area (Å²) >= 11 is 0. The van der Waals surface area contributed by atoms with Gasteiger partial charge in [-0.15, -0.1) is 0 Å². The number of benzene rings is 2. The largest absolute Gasteiger partial charge is 0.497 e. The van der Waals surface area contributed by atoms with E-state index in [1.807, 2.05) is 0 Å². The van der Waals surface area contributed by atoms with E-state index in [2.05, 4.69) is 10.4 Å². The fraction of sp³-hybridized carbons (Fsp3) is 0.105. The fourth-order valence-electron chi connectivity index (χ4n) is 2.42. The average molecular weight is 399 g/mol. The van der Waals surface area contributed by atoms with E-state index in [1.165, 1.54) is 19.2 Å². The Hall–Kier alpha value is -3.46. The first-order valence-electron chi connectivity index (χ1n) is 8.22. The second-order valence-corrected chi connectivity index (χ2v) is 7.66. The van der Waals surface area contributed by atoms with Gasteiger partial charge in [0.15, 0.2) is 5.03 Å². The molecular weight excluding hydrogens is 382 g/mol. The van der Waals surface area contributed by atoms with Crippen molar-refractivity contribution in [2.24, 2.45) is 0 Å². The predicted molar refractivity (Wildman–Crippen MR) is 102 cm³/mol. The summed E-state index contributed by atoms with van der Waals surface area (Å²) in [7, 11) is -2.37. The zero-order chi connectivity index (χ0) is 20.1. The third kappa shape index (κ3) is 4.26. The SMILES string of the molecule is COc1ccc(NC(=O)Cn2nc(S(=O)(=O)c3ccccc3)ccc2=O)cc1. The number of ether oxygens (including phenoxy) is 1. The highest BCUT2D eigenvalue weighted by atomic mass is 32.2. The molecule has 1 aromatic heterocycles. The molecule has 1 amide bonds. The Balaban J connectivity index is 1.81. The van der Waals surface area contributed by atoms with Crippen LogP contribution in [-0.4, -0.2) is 31.2 Å². The van der Waals surface area contributed by atoms with Gasteiger partial charge in [0.2, 0.25) is 15.7 Å². The maximum atomic E-state index is 12.6. The number of sulfone groups is 1. The second-order valence-electron chi connectivity index (χ2n) is 5.76. The van der Waals surface area contributed by atoms with E-state index in [1.54, 1.807) is 42.5 Å². The highest BCUT2D eigenvalue weighted by Crippen LogP contribution is 2.17. The number of carbonyl (C=O) groups excluding carboxylic acids is 1. The van der Waals surface area contributed by atoms with E-state index < -0.39 is 27.8 Å². The number of aromatic nitrogens is 2. The molecule has 0 spiro atoms. The summed E-state index contributed by atoms with van der Waals surface area (Å²) in [4.78, 5) is 24.3. The molecule has 0 unspecified atom stereocenters. The lowest BCUT2D eigenvalue weighted by atomic mass is 10.3. The molecule has 2 aromatic carbocycles. The summed E-state index contributed by atoms with van der Waals surface area (Å²) in [6.45, 7) is -0.428. The van der Waals surface area contributed by atoms with Crippen molar-refractivity contribution >= 4 is 21.4 Å². The number of methoxy groups -OCH3 is 1. The highest BCUT2D eigenvalue weighted by molar-refractivity contribution is 7.91. The first-order valence-corrected chi connectivity index (χ1v) is 9.71. The molecule has 9 heteroatoms. The first kappa shape index (κ1) is 19.3. The molecule has 144 valence electrons. The van der Waals surface area contributed by atoms with E-state index in [9.17, 15) is 18.0 Å². The van der Waals surface area contributed by atoms with Crippen molar-refractivity contribution in [3.63, 3.8) is 0 Å². The second kappa shape index (κ2) is 8.05. The minimum absolute atomic E-state index is 0.0513. The Morgan fingerprint density at radius 2 is 1.71 bits per heavy atom. The first-order chi connectivity index (χ1) is 13.4. The normalized spacial score (nSPS) is 11.0. The summed E-state index contributed by atoms with van der Waals surface area (Å²) in [6.07, 6.45) is 0. The summed E-state index contributed by atoms with van der Waals surface area (Å²) in [5, 5.41) is 6.17. The fourth-order valence-corrected chi connectivity index (χ4v) is 3.63. The van der Waals surface area contributed by atoms with Gasteiger partial charge in [0.1, 0.15) is 12.3 Å². The summed E-state index contributed by atoms with van der Waals surface area (Å²) in [5.74, 6) is 0.115. The zero-order valence-corrected chi connectivity index (χ0v) is 15.7. The van der Waals surface area contributed by atoms with Crippen LogP contribution in [0.3, 0.4) is 0 Å². The number of nitrogens with one attached hydrogen (secondary N) is 1. The van der Waals surface area contributed by atoms with Crippen LogP contribution in [0.15, 0.2) is 81.4 Å². The number of anilines is 1. The lowest BCUT2D eigenvalue weighted by Gasteiger charge is -2.09. The van der Waals surface area contributed by atoms with E-state index in [0.29, 0.717) is 11.4 Å². The van der Waals surface area contributed by atoms with Gasteiger partial charge < -0.3 is 10.1 Å². The Labute approximate surface area is 161 Å². The van der Waals surface area contributed by atoms with Crippen LogP contribution < -0.4 is 15.6 Å². The lowest BCUT2D eigenvalue weighted by molar-refractivity contribution is -0.117. The molecule has 0 radical (unpaired) electrons. The maximum absolute atomic E-state index is 12.6. The Bertz CT molecular complexity index is 1140. The van der Waals surface area contributed by atoms with Gasteiger partial charge in [-0.2, -0.15) is 5.10 Å². The monoisotopic (exact) mass is 399 g/mol. The summed E-state index contributed by atoms with van der Waals surface area (Å²) in [5.41, 5.74) is -0.0798. The van der Waals surface area contributed by atoms with Crippen LogP contribution in [0.25, 0.3) is 0 Å². The Morgan fingerprint density at radius 3 is 2.36 bits per heavy atom. The number of hydrogen-bond donors (Lipinski definition) is 1. The number of rotatable bonds is 6. The van der Waals surface area contributed by atoms with Gasteiger partial charge in [-0.05, 0) is 42.5 Å². The van der Waals surface area contributed by atoms with Gasteiger partial charge in [0.05, 0.1) is 12.0 Å². The van der Waals surface area contributed by atoms with Crippen LogP contribution in [0.2, 0.25) is 0 Å². The number of hydrogen-bond acceptors (Lipinski definition) is 6. The zero-order valence-electron chi connectivity index (χ0n) is 14.9. The van der Waals surface area contributed by atoms with Crippen molar-refractivity contribution in [3.8, 4) is 5.75 Å². The highest BCUT2D eigenvalue weighted by Gasteiger charge is 2.20. The van der Waals surface area contributed by atoms with Crippen LogP contribution in [0.1, 0.15) is 0 Å². The molecule has 3 rings (SSSR count). The van der Waals surface area contributed by atoms with E-state index >= 15 is 0 Å². The van der Waals surface area contributed by atoms with E-state index in [0.717, 1.165) is 16.8 Å².